The predicted molar refractivity (Wildman–Crippen MR) is 129 cm³/mol. The summed E-state index contributed by atoms with van der Waals surface area (Å²) in [5, 5.41) is 13.6. The van der Waals surface area contributed by atoms with E-state index in [1.54, 1.807) is 14.2 Å². The molecule has 0 aliphatic carbocycles. The Hall–Kier alpha value is -3.21. The molecule has 0 aliphatic heterocycles. The number of aliphatic carboxylic acids is 1. The molecule has 4 rings (SSSR count). The summed E-state index contributed by atoms with van der Waals surface area (Å²) in [7, 11) is 3.44. The smallest absolute Gasteiger partial charge is 0.303 e. The number of fused-ring (bicyclic) bond motifs is 2. The highest BCUT2D eigenvalue weighted by Gasteiger charge is 2.17. The highest BCUT2D eigenvalue weighted by molar-refractivity contribution is 6.07. The van der Waals surface area contributed by atoms with Crippen LogP contribution in [-0.2, 0) is 33.9 Å². The van der Waals surface area contributed by atoms with Crippen LogP contribution in [0.5, 0.6) is 0 Å². The fourth-order valence-electron chi connectivity index (χ4n) is 4.48. The SMILES string of the molecule is COCc1ccc2ccccc2c1-c1c(COC)ccc2cc(CCCC(=O)O)ccc12. The number of methoxy groups -OCH3 is 2. The van der Waals surface area contributed by atoms with Gasteiger partial charge < -0.3 is 14.6 Å². The molecule has 4 nitrogen and oxygen atoms in total. The lowest BCUT2D eigenvalue weighted by Crippen LogP contribution is -2.00. The van der Waals surface area contributed by atoms with Crippen LogP contribution in [0.2, 0.25) is 0 Å². The molecule has 0 aliphatic rings. The van der Waals surface area contributed by atoms with Gasteiger partial charge in [-0.2, -0.15) is 0 Å². The normalized spacial score (nSPS) is 11.3. The van der Waals surface area contributed by atoms with Crippen molar-refractivity contribution in [1.82, 2.24) is 0 Å². The molecule has 0 fully saturated rings. The maximum Gasteiger partial charge on any atom is 0.303 e. The van der Waals surface area contributed by atoms with Crippen molar-refractivity contribution in [3.05, 3.63) is 83.4 Å². The van der Waals surface area contributed by atoms with E-state index in [4.69, 9.17) is 14.6 Å². The second-order valence-electron chi connectivity index (χ2n) is 8.09. The highest BCUT2D eigenvalue weighted by atomic mass is 16.5. The minimum Gasteiger partial charge on any atom is -0.481 e. The Morgan fingerprint density at radius 2 is 1.41 bits per heavy atom. The van der Waals surface area contributed by atoms with E-state index in [0.29, 0.717) is 19.6 Å². The molecule has 0 saturated heterocycles. The number of hydrogen-bond acceptors (Lipinski definition) is 3. The molecule has 0 radical (unpaired) electrons. The number of aryl methyl sites for hydroxylation is 1. The first-order valence-electron chi connectivity index (χ1n) is 10.9. The maximum absolute atomic E-state index is 10.9. The van der Waals surface area contributed by atoms with Crippen LogP contribution in [0.15, 0.2) is 66.7 Å². The fraction of sp³-hybridized carbons (Fsp3) is 0.250. The van der Waals surface area contributed by atoms with Crippen molar-refractivity contribution < 1.29 is 19.4 Å². The van der Waals surface area contributed by atoms with Gasteiger partial charge in [0.1, 0.15) is 0 Å². The topological polar surface area (TPSA) is 55.8 Å². The summed E-state index contributed by atoms with van der Waals surface area (Å²) in [5.74, 6) is -0.751. The average Bonchev–Trinajstić information content (AvgIpc) is 2.79. The summed E-state index contributed by atoms with van der Waals surface area (Å²) >= 11 is 0. The number of carbonyl (C=O) groups is 1. The van der Waals surface area contributed by atoms with Crippen LogP contribution in [0, 0.1) is 0 Å². The van der Waals surface area contributed by atoms with E-state index in [2.05, 4.69) is 66.7 Å². The molecule has 0 bridgehead atoms. The largest absolute Gasteiger partial charge is 0.481 e. The summed E-state index contributed by atoms with van der Waals surface area (Å²) in [5.41, 5.74) is 5.78. The van der Waals surface area contributed by atoms with E-state index in [9.17, 15) is 4.79 Å². The van der Waals surface area contributed by atoms with Crippen LogP contribution in [0.3, 0.4) is 0 Å². The summed E-state index contributed by atoms with van der Waals surface area (Å²) < 4.78 is 11.1. The first kappa shape index (κ1) is 22.0. The first-order chi connectivity index (χ1) is 15.6. The Kier molecular flexibility index (Phi) is 6.84. The Balaban J connectivity index is 1.93. The Bertz CT molecular complexity index is 1260. The summed E-state index contributed by atoms with van der Waals surface area (Å²) in [4.78, 5) is 10.9. The zero-order chi connectivity index (χ0) is 22.5. The predicted octanol–water partition coefficient (Wildman–Crippen LogP) is 6.36. The number of hydrogen-bond donors (Lipinski definition) is 1. The van der Waals surface area contributed by atoms with E-state index in [1.807, 2.05) is 0 Å². The Labute approximate surface area is 188 Å². The molecule has 0 aromatic heterocycles. The van der Waals surface area contributed by atoms with Crippen LogP contribution in [0.1, 0.15) is 29.5 Å². The molecule has 0 heterocycles. The molecule has 4 heteroatoms. The van der Waals surface area contributed by atoms with Crippen LogP contribution in [-0.4, -0.2) is 25.3 Å². The number of benzene rings is 4. The zero-order valence-electron chi connectivity index (χ0n) is 18.6. The second-order valence-corrected chi connectivity index (χ2v) is 8.09. The van der Waals surface area contributed by atoms with Crippen molar-refractivity contribution in [2.24, 2.45) is 0 Å². The van der Waals surface area contributed by atoms with Gasteiger partial charge in [0.05, 0.1) is 13.2 Å². The number of rotatable bonds is 9. The quantitative estimate of drug-likeness (QED) is 0.337. The van der Waals surface area contributed by atoms with E-state index < -0.39 is 5.97 Å². The van der Waals surface area contributed by atoms with Gasteiger partial charge in [-0.15, -0.1) is 0 Å². The first-order valence-corrected chi connectivity index (χ1v) is 10.9. The molecule has 164 valence electrons. The third-order valence-electron chi connectivity index (χ3n) is 5.89. The number of carboxylic acid groups (broad SMARTS) is 1. The summed E-state index contributed by atoms with van der Waals surface area (Å²) in [6.07, 6.45) is 1.57. The molecule has 0 unspecified atom stereocenters. The Morgan fingerprint density at radius 1 is 0.781 bits per heavy atom. The van der Waals surface area contributed by atoms with E-state index in [1.165, 1.54) is 21.9 Å². The van der Waals surface area contributed by atoms with Crippen molar-refractivity contribution in [1.29, 1.82) is 0 Å². The third-order valence-corrected chi connectivity index (χ3v) is 5.89. The molecular weight excluding hydrogens is 400 g/mol. The molecule has 32 heavy (non-hydrogen) atoms. The van der Waals surface area contributed by atoms with Crippen molar-refractivity contribution in [3.8, 4) is 11.1 Å². The lowest BCUT2D eigenvalue weighted by molar-refractivity contribution is -0.137. The van der Waals surface area contributed by atoms with Crippen LogP contribution in [0.25, 0.3) is 32.7 Å². The van der Waals surface area contributed by atoms with Gasteiger partial charge in [0.2, 0.25) is 0 Å². The lowest BCUT2D eigenvalue weighted by Gasteiger charge is -2.19. The van der Waals surface area contributed by atoms with Crippen molar-refractivity contribution >= 4 is 27.5 Å². The monoisotopic (exact) mass is 428 g/mol. The lowest BCUT2D eigenvalue weighted by atomic mass is 9.86. The van der Waals surface area contributed by atoms with Gasteiger partial charge in [0, 0.05) is 20.6 Å². The van der Waals surface area contributed by atoms with E-state index in [-0.39, 0.29) is 6.42 Å². The van der Waals surface area contributed by atoms with Crippen molar-refractivity contribution in [2.45, 2.75) is 32.5 Å². The van der Waals surface area contributed by atoms with Crippen molar-refractivity contribution in [3.63, 3.8) is 0 Å². The van der Waals surface area contributed by atoms with Gasteiger partial charge in [-0.3, -0.25) is 4.79 Å². The molecule has 0 saturated carbocycles. The Morgan fingerprint density at radius 3 is 2.06 bits per heavy atom. The zero-order valence-corrected chi connectivity index (χ0v) is 18.6. The fourth-order valence-corrected chi connectivity index (χ4v) is 4.48. The van der Waals surface area contributed by atoms with E-state index >= 15 is 0 Å². The van der Waals surface area contributed by atoms with Gasteiger partial charge in [0.25, 0.3) is 0 Å². The molecule has 0 spiro atoms. The highest BCUT2D eigenvalue weighted by Crippen LogP contribution is 2.40. The maximum atomic E-state index is 10.9. The van der Waals surface area contributed by atoms with Gasteiger partial charge in [-0.25, -0.2) is 0 Å². The van der Waals surface area contributed by atoms with Gasteiger partial charge >= 0.3 is 5.97 Å². The van der Waals surface area contributed by atoms with Gasteiger partial charge in [0.15, 0.2) is 0 Å². The van der Waals surface area contributed by atoms with Crippen LogP contribution in [0.4, 0.5) is 0 Å². The molecule has 1 N–H and O–H groups in total. The standard InChI is InChI=1S/C28H28O4/c1-31-17-22-13-11-20-7-3-4-8-24(20)27(22)28-23(18-32-2)14-12-21-16-19(10-15-25(21)28)6-5-9-26(29)30/h3-4,7-8,10-16H,5-6,9,17-18H2,1-2H3,(H,29,30). The minimum atomic E-state index is -0.751. The average molecular weight is 429 g/mol. The second kappa shape index (κ2) is 9.94. The summed E-state index contributed by atoms with van der Waals surface area (Å²) in [6.45, 7) is 1.04. The van der Waals surface area contributed by atoms with Crippen LogP contribution < -0.4 is 0 Å². The number of ether oxygens (including phenoxy) is 2. The minimum absolute atomic E-state index is 0.187. The molecule has 0 atom stereocenters. The summed E-state index contributed by atoms with van der Waals surface area (Å²) in [6, 6.07) is 23.5. The molecule has 4 aromatic carbocycles. The van der Waals surface area contributed by atoms with Gasteiger partial charge in [-0.1, -0.05) is 66.7 Å². The van der Waals surface area contributed by atoms with Gasteiger partial charge in [-0.05, 0) is 62.2 Å². The van der Waals surface area contributed by atoms with Crippen LogP contribution >= 0.6 is 0 Å². The van der Waals surface area contributed by atoms with E-state index in [0.717, 1.165) is 33.9 Å². The van der Waals surface area contributed by atoms with Crippen molar-refractivity contribution in [2.75, 3.05) is 14.2 Å². The number of carboxylic acids is 1. The third kappa shape index (κ3) is 4.52. The molecule has 4 aromatic rings. The molecular formula is C28H28O4. The molecule has 0 amide bonds.